The molecule has 0 unspecified atom stereocenters. The molecule has 0 spiro atoms. The Labute approximate surface area is 87.6 Å². The van der Waals surface area contributed by atoms with Crippen molar-refractivity contribution in [3.63, 3.8) is 0 Å². The molecule has 1 heterocycles. The lowest BCUT2D eigenvalue weighted by molar-refractivity contribution is -0.142. The van der Waals surface area contributed by atoms with Gasteiger partial charge in [0.1, 0.15) is 5.58 Å². The van der Waals surface area contributed by atoms with Gasteiger partial charge >= 0.3 is 5.97 Å². The zero-order valence-electron chi connectivity index (χ0n) is 8.53. The van der Waals surface area contributed by atoms with Crippen molar-refractivity contribution in [1.29, 1.82) is 0 Å². The Morgan fingerprint density at radius 1 is 1.40 bits per heavy atom. The number of fused-ring (bicyclic) bond motifs is 1. The Kier molecular flexibility index (Phi) is 2.72. The predicted octanol–water partition coefficient (Wildman–Crippen LogP) is 2.54. The SMILES string of the molecule is CCOC(=O)Cc1ccc2occc2c1. The number of ether oxygens (including phenoxy) is 1. The Morgan fingerprint density at radius 2 is 2.27 bits per heavy atom. The van der Waals surface area contributed by atoms with E-state index in [1.54, 1.807) is 13.2 Å². The van der Waals surface area contributed by atoms with Crippen molar-refractivity contribution >= 4 is 16.9 Å². The number of carbonyl (C=O) groups is 1. The van der Waals surface area contributed by atoms with Crippen molar-refractivity contribution in [1.82, 2.24) is 0 Å². The molecular formula is C12H12O3. The molecule has 0 saturated heterocycles. The summed E-state index contributed by atoms with van der Waals surface area (Å²) in [5.74, 6) is -0.194. The van der Waals surface area contributed by atoms with Crippen molar-refractivity contribution in [2.75, 3.05) is 6.61 Å². The quantitative estimate of drug-likeness (QED) is 0.721. The fourth-order valence-corrected chi connectivity index (χ4v) is 1.50. The standard InChI is InChI=1S/C12H12O3/c1-2-14-12(13)8-9-3-4-11-10(7-9)5-6-15-11/h3-7H,2,8H2,1H3. The fraction of sp³-hybridized carbons (Fsp3) is 0.250. The van der Waals surface area contributed by atoms with Crippen molar-refractivity contribution < 1.29 is 13.9 Å². The molecule has 15 heavy (non-hydrogen) atoms. The van der Waals surface area contributed by atoms with Crippen LogP contribution in [0.15, 0.2) is 34.9 Å². The summed E-state index contributed by atoms with van der Waals surface area (Å²) >= 11 is 0. The van der Waals surface area contributed by atoms with Crippen LogP contribution in [0.1, 0.15) is 12.5 Å². The molecule has 0 radical (unpaired) electrons. The molecule has 3 heteroatoms. The van der Waals surface area contributed by atoms with E-state index in [2.05, 4.69) is 0 Å². The first-order chi connectivity index (χ1) is 7.29. The van der Waals surface area contributed by atoms with Crippen LogP contribution in [0.3, 0.4) is 0 Å². The van der Waals surface area contributed by atoms with Gasteiger partial charge in [0.05, 0.1) is 19.3 Å². The molecule has 0 aliphatic rings. The summed E-state index contributed by atoms with van der Waals surface area (Å²) < 4.78 is 10.1. The highest BCUT2D eigenvalue weighted by atomic mass is 16.5. The summed E-state index contributed by atoms with van der Waals surface area (Å²) in [4.78, 5) is 11.2. The third-order valence-electron chi connectivity index (χ3n) is 2.17. The maximum atomic E-state index is 11.2. The number of hydrogen-bond acceptors (Lipinski definition) is 3. The van der Waals surface area contributed by atoms with E-state index in [4.69, 9.17) is 9.15 Å². The van der Waals surface area contributed by atoms with Crippen LogP contribution in [0.5, 0.6) is 0 Å². The number of hydrogen-bond donors (Lipinski definition) is 0. The van der Waals surface area contributed by atoms with Crippen LogP contribution in [-0.4, -0.2) is 12.6 Å². The molecule has 0 amide bonds. The minimum Gasteiger partial charge on any atom is -0.466 e. The van der Waals surface area contributed by atoms with Gasteiger partial charge in [-0.25, -0.2) is 0 Å². The molecule has 0 saturated carbocycles. The van der Waals surface area contributed by atoms with Gasteiger partial charge in [0, 0.05) is 5.39 Å². The van der Waals surface area contributed by atoms with E-state index in [9.17, 15) is 4.79 Å². The monoisotopic (exact) mass is 204 g/mol. The second-order valence-electron chi connectivity index (χ2n) is 3.27. The molecule has 1 aromatic carbocycles. The van der Waals surface area contributed by atoms with E-state index in [1.807, 2.05) is 24.3 Å². The first-order valence-corrected chi connectivity index (χ1v) is 4.91. The number of rotatable bonds is 3. The van der Waals surface area contributed by atoms with Crippen LogP contribution >= 0.6 is 0 Å². The summed E-state index contributed by atoms with van der Waals surface area (Å²) in [6.45, 7) is 2.23. The van der Waals surface area contributed by atoms with Crippen LogP contribution in [0, 0.1) is 0 Å². The van der Waals surface area contributed by atoms with E-state index >= 15 is 0 Å². The van der Waals surface area contributed by atoms with E-state index in [0.29, 0.717) is 13.0 Å². The number of carbonyl (C=O) groups excluding carboxylic acids is 1. The fourth-order valence-electron chi connectivity index (χ4n) is 1.50. The number of benzene rings is 1. The summed E-state index contributed by atoms with van der Waals surface area (Å²) in [7, 11) is 0. The molecule has 0 atom stereocenters. The highest BCUT2D eigenvalue weighted by Gasteiger charge is 2.05. The maximum Gasteiger partial charge on any atom is 0.310 e. The van der Waals surface area contributed by atoms with Gasteiger partial charge in [-0.2, -0.15) is 0 Å². The van der Waals surface area contributed by atoms with Crippen LogP contribution in [-0.2, 0) is 16.0 Å². The van der Waals surface area contributed by atoms with Crippen LogP contribution in [0.2, 0.25) is 0 Å². The number of esters is 1. The molecule has 0 aliphatic carbocycles. The van der Waals surface area contributed by atoms with Gasteiger partial charge < -0.3 is 9.15 Å². The topological polar surface area (TPSA) is 39.4 Å². The normalized spacial score (nSPS) is 10.5. The third-order valence-corrected chi connectivity index (χ3v) is 2.17. The molecule has 0 bridgehead atoms. The van der Waals surface area contributed by atoms with Crippen molar-refractivity contribution in [2.24, 2.45) is 0 Å². The zero-order chi connectivity index (χ0) is 10.7. The summed E-state index contributed by atoms with van der Waals surface area (Å²) in [6, 6.07) is 7.56. The smallest absolute Gasteiger partial charge is 0.310 e. The van der Waals surface area contributed by atoms with E-state index in [1.165, 1.54) is 0 Å². The average Bonchev–Trinajstić information content (AvgIpc) is 2.65. The second kappa shape index (κ2) is 4.17. The Bertz CT molecular complexity index is 470. The van der Waals surface area contributed by atoms with E-state index in [-0.39, 0.29) is 5.97 Å². The lowest BCUT2D eigenvalue weighted by Crippen LogP contribution is -2.07. The minimum absolute atomic E-state index is 0.194. The van der Waals surface area contributed by atoms with E-state index in [0.717, 1.165) is 16.5 Å². The molecule has 2 aromatic rings. The van der Waals surface area contributed by atoms with E-state index < -0.39 is 0 Å². The maximum absolute atomic E-state index is 11.2. The molecule has 0 aliphatic heterocycles. The summed E-state index contributed by atoms with van der Waals surface area (Å²) in [5.41, 5.74) is 1.78. The molecule has 3 nitrogen and oxygen atoms in total. The minimum atomic E-state index is -0.194. The molecule has 2 rings (SSSR count). The van der Waals surface area contributed by atoms with Crippen LogP contribution < -0.4 is 0 Å². The lowest BCUT2D eigenvalue weighted by Gasteiger charge is -2.01. The zero-order valence-corrected chi connectivity index (χ0v) is 8.53. The van der Waals surface area contributed by atoms with Gasteiger partial charge in [-0.15, -0.1) is 0 Å². The Hall–Kier alpha value is -1.77. The molecule has 78 valence electrons. The third kappa shape index (κ3) is 2.18. The largest absolute Gasteiger partial charge is 0.466 e. The summed E-state index contributed by atoms with van der Waals surface area (Å²) in [5, 5.41) is 1.01. The van der Waals surface area contributed by atoms with Gasteiger partial charge in [-0.3, -0.25) is 4.79 Å². The van der Waals surface area contributed by atoms with Crippen LogP contribution in [0.25, 0.3) is 11.0 Å². The average molecular weight is 204 g/mol. The highest BCUT2D eigenvalue weighted by molar-refractivity contribution is 5.80. The molecule has 0 N–H and O–H groups in total. The molecular weight excluding hydrogens is 192 g/mol. The first kappa shape index (κ1) is 9.77. The van der Waals surface area contributed by atoms with Crippen molar-refractivity contribution in [2.45, 2.75) is 13.3 Å². The lowest BCUT2D eigenvalue weighted by atomic mass is 10.1. The first-order valence-electron chi connectivity index (χ1n) is 4.91. The van der Waals surface area contributed by atoms with Gasteiger partial charge in [0.25, 0.3) is 0 Å². The van der Waals surface area contributed by atoms with Crippen LogP contribution in [0.4, 0.5) is 0 Å². The second-order valence-corrected chi connectivity index (χ2v) is 3.27. The van der Waals surface area contributed by atoms with Gasteiger partial charge in [-0.1, -0.05) is 6.07 Å². The van der Waals surface area contributed by atoms with Gasteiger partial charge in [0.2, 0.25) is 0 Å². The highest BCUT2D eigenvalue weighted by Crippen LogP contribution is 2.17. The van der Waals surface area contributed by atoms with Crippen molar-refractivity contribution in [3.8, 4) is 0 Å². The number of furan rings is 1. The predicted molar refractivity (Wildman–Crippen MR) is 56.6 cm³/mol. The van der Waals surface area contributed by atoms with Gasteiger partial charge in [-0.05, 0) is 30.7 Å². The molecule has 0 fully saturated rings. The Balaban J connectivity index is 2.17. The van der Waals surface area contributed by atoms with Crippen molar-refractivity contribution in [3.05, 3.63) is 36.1 Å². The Morgan fingerprint density at radius 3 is 3.07 bits per heavy atom. The summed E-state index contributed by atoms with van der Waals surface area (Å²) in [6.07, 6.45) is 1.95. The molecule has 1 aromatic heterocycles. The van der Waals surface area contributed by atoms with Gasteiger partial charge in [0.15, 0.2) is 0 Å².